The molecule has 0 saturated carbocycles. The minimum Gasteiger partial charge on any atom is -0.487 e. The zero-order valence-corrected chi connectivity index (χ0v) is 8.00. The van der Waals surface area contributed by atoms with Crippen molar-refractivity contribution in [3.63, 3.8) is 0 Å². The summed E-state index contributed by atoms with van der Waals surface area (Å²) in [5.74, 6) is -1.04. The van der Waals surface area contributed by atoms with E-state index in [4.69, 9.17) is 9.84 Å². The van der Waals surface area contributed by atoms with Crippen LogP contribution in [0.15, 0.2) is 23.3 Å². The summed E-state index contributed by atoms with van der Waals surface area (Å²) in [5.41, 5.74) is 0. The van der Waals surface area contributed by atoms with Crippen molar-refractivity contribution in [3.05, 3.63) is 28.1 Å². The topological polar surface area (TPSA) is 46.5 Å². The molecule has 1 heterocycles. The van der Waals surface area contributed by atoms with Crippen molar-refractivity contribution >= 4 is 23.4 Å². The molecule has 1 N–H and O–H groups in total. The van der Waals surface area contributed by atoms with Gasteiger partial charge in [0, 0.05) is 11.0 Å². The first-order chi connectivity index (χ1) is 6.24. The average molecular weight is 198 g/mol. The van der Waals surface area contributed by atoms with E-state index >= 15 is 0 Å². The van der Waals surface area contributed by atoms with Gasteiger partial charge in [-0.15, -0.1) is 11.3 Å². The smallest absolute Gasteiger partial charge is 0.371 e. The number of hydrogen-bond acceptors (Lipinski definition) is 3. The van der Waals surface area contributed by atoms with Gasteiger partial charge in [-0.25, -0.2) is 4.79 Å². The van der Waals surface area contributed by atoms with Gasteiger partial charge in [-0.05, 0) is 18.4 Å². The van der Waals surface area contributed by atoms with Crippen LogP contribution >= 0.6 is 11.3 Å². The molecule has 0 aliphatic rings. The van der Waals surface area contributed by atoms with Crippen LogP contribution in [0.25, 0.3) is 6.08 Å². The molecule has 70 valence electrons. The number of ether oxygens (including phenoxy) is 1. The second kappa shape index (κ2) is 4.67. The van der Waals surface area contributed by atoms with Crippen LogP contribution in [0.1, 0.15) is 11.8 Å². The third kappa shape index (κ3) is 2.91. The van der Waals surface area contributed by atoms with Gasteiger partial charge in [-0.1, -0.05) is 6.07 Å². The van der Waals surface area contributed by atoms with E-state index in [1.807, 2.05) is 17.5 Å². The van der Waals surface area contributed by atoms with E-state index < -0.39 is 5.97 Å². The molecule has 0 aliphatic carbocycles. The van der Waals surface area contributed by atoms with Crippen molar-refractivity contribution in [2.24, 2.45) is 0 Å². The summed E-state index contributed by atoms with van der Waals surface area (Å²) in [6.45, 7) is 2.12. The maximum atomic E-state index is 10.6. The van der Waals surface area contributed by atoms with Gasteiger partial charge in [-0.3, -0.25) is 0 Å². The number of carboxylic acids is 1. The molecule has 0 aromatic carbocycles. The molecule has 3 nitrogen and oxygen atoms in total. The van der Waals surface area contributed by atoms with E-state index in [-0.39, 0.29) is 5.76 Å². The quantitative estimate of drug-likeness (QED) is 0.596. The third-order valence-electron chi connectivity index (χ3n) is 1.33. The molecule has 13 heavy (non-hydrogen) atoms. The number of carbonyl (C=O) groups is 1. The standard InChI is InChI=1S/C9H10O3S/c1-2-12-8(9(10)11)6-7-4-3-5-13-7/h3-6H,2H2,1H3,(H,10,11). The number of hydrogen-bond donors (Lipinski definition) is 1. The fourth-order valence-electron chi connectivity index (χ4n) is 0.823. The van der Waals surface area contributed by atoms with Crippen LogP contribution in [-0.2, 0) is 9.53 Å². The minimum atomic E-state index is -1.03. The first kappa shape index (κ1) is 9.80. The molecule has 0 saturated heterocycles. The summed E-state index contributed by atoms with van der Waals surface area (Å²) in [6.07, 6.45) is 1.52. The molecule has 0 radical (unpaired) electrons. The van der Waals surface area contributed by atoms with E-state index in [1.165, 1.54) is 17.4 Å². The highest BCUT2D eigenvalue weighted by Crippen LogP contribution is 2.14. The summed E-state index contributed by atoms with van der Waals surface area (Å²) in [4.78, 5) is 11.5. The van der Waals surface area contributed by atoms with Crippen LogP contribution in [0, 0.1) is 0 Å². The minimum absolute atomic E-state index is 0.00931. The molecule has 0 amide bonds. The maximum Gasteiger partial charge on any atom is 0.371 e. The average Bonchev–Trinajstić information content (AvgIpc) is 2.56. The van der Waals surface area contributed by atoms with Gasteiger partial charge in [0.15, 0.2) is 0 Å². The molecule has 1 rings (SSSR count). The zero-order chi connectivity index (χ0) is 9.68. The summed E-state index contributed by atoms with van der Waals surface area (Å²) >= 11 is 1.47. The van der Waals surface area contributed by atoms with Crippen molar-refractivity contribution in [3.8, 4) is 0 Å². The zero-order valence-electron chi connectivity index (χ0n) is 7.19. The van der Waals surface area contributed by atoms with Crippen LogP contribution in [0.2, 0.25) is 0 Å². The van der Waals surface area contributed by atoms with Gasteiger partial charge in [0.05, 0.1) is 6.61 Å². The molecular weight excluding hydrogens is 188 g/mol. The molecule has 1 aromatic rings. The fourth-order valence-corrected chi connectivity index (χ4v) is 1.47. The maximum absolute atomic E-state index is 10.6. The number of carboxylic acid groups (broad SMARTS) is 1. The predicted molar refractivity (Wildman–Crippen MR) is 51.6 cm³/mol. The lowest BCUT2D eigenvalue weighted by atomic mass is 10.4. The summed E-state index contributed by atoms with van der Waals surface area (Å²) in [7, 11) is 0. The molecule has 1 aromatic heterocycles. The van der Waals surface area contributed by atoms with E-state index in [1.54, 1.807) is 6.92 Å². The normalized spacial score (nSPS) is 11.3. The lowest BCUT2D eigenvalue weighted by Crippen LogP contribution is -2.04. The summed E-state index contributed by atoms with van der Waals surface area (Å²) in [6, 6.07) is 3.70. The van der Waals surface area contributed by atoms with Crippen LogP contribution in [0.4, 0.5) is 0 Å². The van der Waals surface area contributed by atoms with Crippen LogP contribution < -0.4 is 0 Å². The second-order valence-electron chi connectivity index (χ2n) is 2.26. The largest absolute Gasteiger partial charge is 0.487 e. The van der Waals surface area contributed by atoms with Crippen molar-refractivity contribution < 1.29 is 14.6 Å². The third-order valence-corrected chi connectivity index (χ3v) is 2.15. The molecule has 4 heteroatoms. The Morgan fingerprint density at radius 2 is 2.54 bits per heavy atom. The Labute approximate surface area is 80.3 Å². The first-order valence-corrected chi connectivity index (χ1v) is 4.73. The lowest BCUT2D eigenvalue weighted by molar-refractivity contribution is -0.136. The van der Waals surface area contributed by atoms with Gasteiger partial charge in [0.2, 0.25) is 5.76 Å². The Kier molecular flexibility index (Phi) is 3.52. The molecule has 0 bridgehead atoms. The van der Waals surface area contributed by atoms with E-state index in [9.17, 15) is 4.79 Å². The summed E-state index contributed by atoms with van der Waals surface area (Å²) < 4.78 is 4.94. The predicted octanol–water partition coefficient (Wildman–Crippen LogP) is 2.21. The number of rotatable bonds is 4. The van der Waals surface area contributed by atoms with Gasteiger partial charge < -0.3 is 9.84 Å². The fraction of sp³-hybridized carbons (Fsp3) is 0.222. The Hall–Kier alpha value is -1.29. The van der Waals surface area contributed by atoms with Crippen molar-refractivity contribution in [1.82, 2.24) is 0 Å². The van der Waals surface area contributed by atoms with Gasteiger partial charge in [0.25, 0.3) is 0 Å². The lowest BCUT2D eigenvalue weighted by Gasteiger charge is -2.01. The van der Waals surface area contributed by atoms with Crippen LogP contribution in [0.5, 0.6) is 0 Å². The van der Waals surface area contributed by atoms with E-state index in [0.29, 0.717) is 6.61 Å². The highest BCUT2D eigenvalue weighted by molar-refractivity contribution is 7.10. The van der Waals surface area contributed by atoms with Crippen LogP contribution in [0.3, 0.4) is 0 Å². The Morgan fingerprint density at radius 3 is 3.00 bits per heavy atom. The Bertz CT molecular complexity index is 301. The molecule has 0 spiro atoms. The van der Waals surface area contributed by atoms with Gasteiger partial charge >= 0.3 is 5.97 Å². The van der Waals surface area contributed by atoms with E-state index in [0.717, 1.165) is 4.88 Å². The van der Waals surface area contributed by atoms with Gasteiger partial charge in [0.1, 0.15) is 0 Å². The highest BCUT2D eigenvalue weighted by Gasteiger charge is 2.07. The van der Waals surface area contributed by atoms with Crippen molar-refractivity contribution in [1.29, 1.82) is 0 Å². The first-order valence-electron chi connectivity index (χ1n) is 3.85. The second-order valence-corrected chi connectivity index (χ2v) is 3.24. The number of thiophene rings is 1. The monoisotopic (exact) mass is 198 g/mol. The highest BCUT2D eigenvalue weighted by atomic mass is 32.1. The molecule has 0 atom stereocenters. The SMILES string of the molecule is CCOC(=Cc1cccs1)C(=O)O. The summed E-state index contributed by atoms with van der Waals surface area (Å²) in [5, 5.41) is 10.6. The van der Waals surface area contributed by atoms with Crippen LogP contribution in [-0.4, -0.2) is 17.7 Å². The molecule has 0 aliphatic heterocycles. The van der Waals surface area contributed by atoms with Crippen molar-refractivity contribution in [2.45, 2.75) is 6.92 Å². The Morgan fingerprint density at radius 1 is 1.77 bits per heavy atom. The van der Waals surface area contributed by atoms with Gasteiger partial charge in [-0.2, -0.15) is 0 Å². The molecular formula is C9H10O3S. The molecule has 0 unspecified atom stereocenters. The van der Waals surface area contributed by atoms with E-state index in [2.05, 4.69) is 0 Å². The molecule has 0 fully saturated rings. The number of aliphatic carboxylic acids is 1. The van der Waals surface area contributed by atoms with Crippen molar-refractivity contribution in [2.75, 3.05) is 6.61 Å². The Balaban J connectivity index is 2.80.